The van der Waals surface area contributed by atoms with Crippen molar-refractivity contribution in [2.24, 2.45) is 0 Å². The molecule has 0 aliphatic carbocycles. The number of benzene rings is 8. The number of fused-ring (bicyclic) bond motifs is 10. The Balaban J connectivity index is 1.06. The lowest BCUT2D eigenvalue weighted by atomic mass is 9.96. The Labute approximate surface area is 301 Å². The Morgan fingerprint density at radius 3 is 1.65 bits per heavy atom. The van der Waals surface area contributed by atoms with Crippen LogP contribution < -0.4 is 15.9 Å². The van der Waals surface area contributed by atoms with E-state index in [4.69, 9.17) is 16.8 Å². The highest BCUT2D eigenvalue weighted by molar-refractivity contribution is 8.25. The van der Waals surface area contributed by atoms with Crippen molar-refractivity contribution in [2.75, 3.05) is 0 Å². The molecule has 0 amide bonds. The predicted octanol–water partition coefficient (Wildman–Crippen LogP) is 11.0. The summed E-state index contributed by atoms with van der Waals surface area (Å²) in [6, 6.07) is 65.3. The van der Waals surface area contributed by atoms with Gasteiger partial charge >= 0.3 is 0 Å². The van der Waals surface area contributed by atoms with Crippen LogP contribution in [0.5, 0.6) is 0 Å². The van der Waals surface area contributed by atoms with E-state index in [0.717, 1.165) is 22.2 Å². The van der Waals surface area contributed by atoms with Crippen molar-refractivity contribution < 1.29 is 0 Å². The van der Waals surface area contributed by atoms with Gasteiger partial charge in [-0.05, 0) is 72.5 Å². The Bertz CT molecular complexity index is 2920. The minimum absolute atomic E-state index is 0.997. The molecule has 0 bridgehead atoms. The number of hydrogen-bond acceptors (Lipinski definition) is 2. The van der Waals surface area contributed by atoms with Crippen LogP contribution in [-0.2, 0) is 11.8 Å². The molecule has 2 heterocycles. The molecule has 8 aromatic carbocycles. The summed E-state index contributed by atoms with van der Waals surface area (Å²) in [6.45, 7) is 0. The summed E-state index contributed by atoms with van der Waals surface area (Å²) in [4.78, 5) is 5.21. The lowest BCUT2D eigenvalue weighted by Crippen LogP contribution is -2.24. The number of pyridine rings is 1. The average Bonchev–Trinajstić information content (AvgIpc) is 3.61. The SMILES string of the molecule is S=P(c1ccccc1)(c1ccccc1)c1ccc(-c2ccc(-c3ccc4c5ccc6ccccc6c5c5nc6ccccc6n5c4c3)cc2)cc1. The van der Waals surface area contributed by atoms with E-state index in [1.807, 2.05) is 0 Å². The molecule has 0 radical (unpaired) electrons. The number of imidazole rings is 1. The first-order valence-electron chi connectivity index (χ1n) is 17.2. The second-order valence-corrected chi connectivity index (χ2v) is 17.5. The van der Waals surface area contributed by atoms with Crippen molar-refractivity contribution in [3.05, 3.63) is 188 Å². The Morgan fingerprint density at radius 1 is 0.412 bits per heavy atom. The van der Waals surface area contributed by atoms with Gasteiger partial charge in [-0.1, -0.05) is 182 Å². The maximum Gasteiger partial charge on any atom is 0.147 e. The van der Waals surface area contributed by atoms with Crippen LogP contribution in [0.2, 0.25) is 0 Å². The van der Waals surface area contributed by atoms with E-state index in [1.165, 1.54) is 65.1 Å². The first-order chi connectivity index (χ1) is 25.2. The highest BCUT2D eigenvalue weighted by Crippen LogP contribution is 2.43. The lowest BCUT2D eigenvalue weighted by Gasteiger charge is -2.24. The first kappa shape index (κ1) is 30.0. The maximum absolute atomic E-state index is 6.57. The Hall–Kier alpha value is -5.86. The van der Waals surface area contributed by atoms with E-state index in [9.17, 15) is 0 Å². The third-order valence-electron chi connectivity index (χ3n) is 10.3. The summed E-state index contributed by atoms with van der Waals surface area (Å²) < 4.78 is 2.35. The quantitative estimate of drug-likeness (QED) is 0.132. The number of hydrogen-bond donors (Lipinski definition) is 0. The minimum atomic E-state index is -2.19. The number of para-hydroxylation sites is 2. The third kappa shape index (κ3) is 4.77. The molecule has 4 heteroatoms. The molecule has 51 heavy (non-hydrogen) atoms. The lowest BCUT2D eigenvalue weighted by molar-refractivity contribution is 1.32. The summed E-state index contributed by atoms with van der Waals surface area (Å²) in [5.74, 6) is 0. The van der Waals surface area contributed by atoms with Gasteiger partial charge in [0.25, 0.3) is 0 Å². The Kier molecular flexibility index (Phi) is 6.99. The molecule has 0 unspecified atom stereocenters. The molecule has 10 aromatic rings. The van der Waals surface area contributed by atoms with Crippen LogP contribution in [-0.4, -0.2) is 9.38 Å². The summed E-state index contributed by atoms with van der Waals surface area (Å²) in [7, 11) is 0. The zero-order valence-electron chi connectivity index (χ0n) is 27.6. The van der Waals surface area contributed by atoms with Crippen molar-refractivity contribution in [1.29, 1.82) is 0 Å². The predicted molar refractivity (Wildman–Crippen MR) is 222 cm³/mol. The Morgan fingerprint density at radius 2 is 0.941 bits per heavy atom. The van der Waals surface area contributed by atoms with Gasteiger partial charge in [-0.3, -0.25) is 4.40 Å². The van der Waals surface area contributed by atoms with Crippen LogP contribution in [0.4, 0.5) is 0 Å². The van der Waals surface area contributed by atoms with Gasteiger partial charge in [-0.15, -0.1) is 0 Å². The van der Waals surface area contributed by atoms with E-state index in [-0.39, 0.29) is 0 Å². The van der Waals surface area contributed by atoms with Gasteiger partial charge in [0.1, 0.15) is 5.65 Å². The van der Waals surface area contributed by atoms with Crippen molar-refractivity contribution in [3.8, 4) is 22.3 Å². The van der Waals surface area contributed by atoms with E-state index in [1.54, 1.807) is 0 Å². The topological polar surface area (TPSA) is 17.3 Å². The molecule has 2 aromatic heterocycles. The molecule has 0 fully saturated rings. The van der Waals surface area contributed by atoms with E-state index in [2.05, 4.69) is 192 Å². The molecule has 0 atom stereocenters. The fourth-order valence-electron chi connectivity index (χ4n) is 7.74. The number of nitrogens with zero attached hydrogens (tertiary/aromatic N) is 2. The summed E-state index contributed by atoms with van der Waals surface area (Å²) >= 11 is 6.57. The average molecular weight is 687 g/mol. The minimum Gasteiger partial charge on any atom is -0.292 e. The van der Waals surface area contributed by atoms with E-state index < -0.39 is 6.04 Å². The van der Waals surface area contributed by atoms with Gasteiger partial charge in [0.15, 0.2) is 0 Å². The second-order valence-electron chi connectivity index (χ2n) is 13.1. The van der Waals surface area contributed by atoms with Gasteiger partial charge < -0.3 is 0 Å². The van der Waals surface area contributed by atoms with Crippen molar-refractivity contribution >= 4 is 82.9 Å². The van der Waals surface area contributed by atoms with E-state index >= 15 is 0 Å². The molecule has 10 rings (SSSR count). The smallest absolute Gasteiger partial charge is 0.147 e. The molecule has 240 valence electrons. The van der Waals surface area contributed by atoms with Crippen molar-refractivity contribution in [3.63, 3.8) is 0 Å². The number of rotatable bonds is 5. The summed E-state index contributed by atoms with van der Waals surface area (Å²) in [5.41, 5.74) is 8.99. The molecule has 0 spiro atoms. The normalized spacial score (nSPS) is 12.0. The molecule has 2 nitrogen and oxygen atoms in total. The maximum atomic E-state index is 6.57. The van der Waals surface area contributed by atoms with Crippen molar-refractivity contribution in [1.82, 2.24) is 9.38 Å². The highest BCUT2D eigenvalue weighted by atomic mass is 32.4. The largest absolute Gasteiger partial charge is 0.292 e. The molecule has 0 aliphatic heterocycles. The van der Waals surface area contributed by atoms with Crippen LogP contribution in [0, 0.1) is 0 Å². The van der Waals surface area contributed by atoms with Gasteiger partial charge in [-0.25, -0.2) is 4.98 Å². The van der Waals surface area contributed by atoms with E-state index in [0.29, 0.717) is 0 Å². The molecular formula is C47H31N2PS. The van der Waals surface area contributed by atoms with Gasteiger partial charge in [-0.2, -0.15) is 0 Å². The van der Waals surface area contributed by atoms with Crippen LogP contribution >= 0.6 is 6.04 Å². The van der Waals surface area contributed by atoms with Gasteiger partial charge in [0.2, 0.25) is 0 Å². The fraction of sp³-hybridized carbons (Fsp3) is 0. The monoisotopic (exact) mass is 686 g/mol. The molecule has 0 saturated heterocycles. The van der Waals surface area contributed by atoms with Crippen molar-refractivity contribution in [2.45, 2.75) is 0 Å². The van der Waals surface area contributed by atoms with Gasteiger partial charge in [0.05, 0.1) is 16.6 Å². The highest BCUT2D eigenvalue weighted by Gasteiger charge is 2.24. The zero-order valence-corrected chi connectivity index (χ0v) is 29.4. The summed E-state index contributed by atoms with van der Waals surface area (Å²) in [6.07, 6.45) is 0. The third-order valence-corrected chi connectivity index (χ3v) is 15.2. The molecular weight excluding hydrogens is 656 g/mol. The molecule has 0 N–H and O–H groups in total. The number of aromatic nitrogens is 2. The van der Waals surface area contributed by atoms with Crippen LogP contribution in [0.15, 0.2) is 188 Å². The van der Waals surface area contributed by atoms with Gasteiger partial charge in [0, 0.05) is 16.8 Å². The first-order valence-corrected chi connectivity index (χ1v) is 20.0. The van der Waals surface area contributed by atoms with Crippen LogP contribution in [0.1, 0.15) is 0 Å². The standard InChI is InChI=1S/C47H31N2PS/c51-50(37-12-3-1-4-13-37,38-14-5-2-6-15-38)39-27-23-33(24-28-39)32-19-21-34(22-20-32)36-26-29-41-42-30-25-35-11-7-8-16-40(35)46(42)47-48-43-17-9-10-18-44(43)49(47)45(41)31-36/h1-31H. The summed E-state index contributed by atoms with van der Waals surface area (Å²) in [5, 5.41) is 9.71. The zero-order chi connectivity index (χ0) is 33.9. The molecule has 0 saturated carbocycles. The van der Waals surface area contributed by atoms with Crippen LogP contribution in [0.25, 0.3) is 71.4 Å². The second kappa shape index (κ2) is 11.9. The van der Waals surface area contributed by atoms with Crippen LogP contribution in [0.3, 0.4) is 0 Å². The molecule has 0 aliphatic rings. The fourth-order valence-corrected chi connectivity index (χ4v) is 11.5.